The van der Waals surface area contributed by atoms with Crippen LogP contribution in [-0.4, -0.2) is 36.3 Å². The number of hydrogen-bond donors (Lipinski definition) is 3. The molecule has 1 unspecified atom stereocenters. The first kappa shape index (κ1) is 16.0. The number of amides is 5. The highest BCUT2D eigenvalue weighted by molar-refractivity contribution is 6.04. The van der Waals surface area contributed by atoms with Crippen molar-refractivity contribution in [1.82, 2.24) is 10.6 Å². The summed E-state index contributed by atoms with van der Waals surface area (Å²) >= 11 is 0. The van der Waals surface area contributed by atoms with Crippen LogP contribution in [0.15, 0.2) is 24.3 Å². The van der Waals surface area contributed by atoms with E-state index in [-0.39, 0.29) is 24.7 Å². The summed E-state index contributed by atoms with van der Waals surface area (Å²) in [6.07, 6.45) is 1.79. The smallest absolute Gasteiger partial charge is 0.322 e. The van der Waals surface area contributed by atoms with E-state index < -0.39 is 18.0 Å². The largest absolute Gasteiger partial charge is 0.326 e. The number of benzene rings is 1. The van der Waals surface area contributed by atoms with Crippen LogP contribution in [0.4, 0.5) is 16.2 Å². The molecule has 0 aliphatic carbocycles. The van der Waals surface area contributed by atoms with Gasteiger partial charge in [-0.1, -0.05) is 0 Å². The second kappa shape index (κ2) is 6.69. The summed E-state index contributed by atoms with van der Waals surface area (Å²) in [5.74, 6) is -0.537. The lowest BCUT2D eigenvalue weighted by molar-refractivity contribution is -0.120. The summed E-state index contributed by atoms with van der Waals surface area (Å²) < 4.78 is 0. The molecule has 8 heteroatoms. The maximum atomic E-state index is 11.9. The Bertz CT molecular complexity index is 686. The van der Waals surface area contributed by atoms with E-state index in [2.05, 4.69) is 16.0 Å². The third-order valence-electron chi connectivity index (χ3n) is 4.05. The van der Waals surface area contributed by atoms with Crippen LogP contribution in [-0.2, 0) is 14.4 Å². The van der Waals surface area contributed by atoms with Gasteiger partial charge in [0.1, 0.15) is 6.04 Å². The standard InChI is InChI=1S/C16H18N4O4/c21-13(8-7-12-15(23)19-16(24)18-12)17-10-3-5-11(6-4-10)20-9-1-2-14(20)22/h3-6,12H,1-2,7-9H2,(H,17,21)(H2,18,19,23,24). The molecule has 2 aliphatic heterocycles. The zero-order valence-electron chi connectivity index (χ0n) is 13.0. The topological polar surface area (TPSA) is 108 Å². The number of carbonyl (C=O) groups is 4. The van der Waals surface area contributed by atoms with Gasteiger partial charge in [0.25, 0.3) is 5.91 Å². The van der Waals surface area contributed by atoms with Crippen LogP contribution >= 0.6 is 0 Å². The third-order valence-corrected chi connectivity index (χ3v) is 4.05. The lowest BCUT2D eigenvalue weighted by Gasteiger charge is -2.16. The second-order valence-electron chi connectivity index (χ2n) is 5.80. The quantitative estimate of drug-likeness (QED) is 0.692. The Morgan fingerprint density at radius 1 is 1.21 bits per heavy atom. The molecule has 1 atom stereocenters. The lowest BCUT2D eigenvalue weighted by atomic mass is 10.1. The fourth-order valence-electron chi connectivity index (χ4n) is 2.81. The minimum atomic E-state index is -0.660. The number of nitrogens with one attached hydrogen (secondary N) is 3. The van der Waals surface area contributed by atoms with E-state index >= 15 is 0 Å². The van der Waals surface area contributed by atoms with E-state index in [1.807, 2.05) is 0 Å². The number of hydrogen-bond acceptors (Lipinski definition) is 4. The first-order valence-corrected chi connectivity index (χ1v) is 7.84. The maximum Gasteiger partial charge on any atom is 0.322 e. The van der Waals surface area contributed by atoms with Crippen molar-refractivity contribution in [2.75, 3.05) is 16.8 Å². The zero-order chi connectivity index (χ0) is 17.1. The molecule has 1 aromatic rings. The second-order valence-corrected chi connectivity index (χ2v) is 5.80. The van der Waals surface area contributed by atoms with Gasteiger partial charge in [0.15, 0.2) is 0 Å². The van der Waals surface area contributed by atoms with Crippen LogP contribution in [0.3, 0.4) is 0 Å². The molecule has 2 fully saturated rings. The molecule has 5 amide bonds. The molecule has 3 rings (SSSR count). The van der Waals surface area contributed by atoms with Crippen LogP contribution in [0.5, 0.6) is 0 Å². The average molecular weight is 330 g/mol. The molecule has 0 radical (unpaired) electrons. The van der Waals surface area contributed by atoms with Gasteiger partial charge >= 0.3 is 6.03 Å². The van der Waals surface area contributed by atoms with Gasteiger partial charge in [-0.25, -0.2) is 4.79 Å². The summed E-state index contributed by atoms with van der Waals surface area (Å²) in [5.41, 5.74) is 1.44. The summed E-state index contributed by atoms with van der Waals surface area (Å²) in [6.45, 7) is 0.722. The van der Waals surface area contributed by atoms with E-state index in [0.29, 0.717) is 12.1 Å². The van der Waals surface area contributed by atoms with Gasteiger partial charge in [-0.15, -0.1) is 0 Å². The van der Waals surface area contributed by atoms with Crippen LogP contribution in [0.25, 0.3) is 0 Å². The fraction of sp³-hybridized carbons (Fsp3) is 0.375. The van der Waals surface area contributed by atoms with Crippen molar-refractivity contribution in [2.45, 2.75) is 31.7 Å². The molecule has 0 saturated carbocycles. The van der Waals surface area contributed by atoms with Crippen molar-refractivity contribution < 1.29 is 19.2 Å². The molecule has 3 N–H and O–H groups in total. The summed E-state index contributed by atoms with van der Waals surface area (Å²) in [6, 6.07) is 5.88. The van der Waals surface area contributed by atoms with Gasteiger partial charge in [-0.05, 0) is 37.1 Å². The van der Waals surface area contributed by atoms with Crippen LogP contribution < -0.4 is 20.9 Å². The highest BCUT2D eigenvalue weighted by Crippen LogP contribution is 2.23. The number of imide groups is 1. The molecule has 8 nitrogen and oxygen atoms in total. The predicted octanol–water partition coefficient (Wildman–Crippen LogP) is 0.740. The number of nitrogens with zero attached hydrogens (tertiary/aromatic N) is 1. The van der Waals surface area contributed by atoms with Crippen molar-refractivity contribution in [2.24, 2.45) is 0 Å². The van der Waals surface area contributed by atoms with E-state index in [1.165, 1.54) is 0 Å². The summed E-state index contributed by atoms with van der Waals surface area (Å²) in [7, 11) is 0. The Kier molecular flexibility index (Phi) is 4.45. The molecule has 24 heavy (non-hydrogen) atoms. The molecular weight excluding hydrogens is 312 g/mol. The SMILES string of the molecule is O=C(CCC1NC(=O)NC1=O)Nc1ccc(N2CCCC2=O)cc1. The number of rotatable bonds is 5. The third kappa shape index (κ3) is 3.53. The molecule has 0 spiro atoms. The number of carbonyl (C=O) groups excluding carboxylic acids is 4. The molecule has 2 aliphatic rings. The summed E-state index contributed by atoms with van der Waals surface area (Å²) in [4.78, 5) is 47.7. The normalized spacial score (nSPS) is 20.1. The number of urea groups is 1. The maximum absolute atomic E-state index is 11.9. The Balaban J connectivity index is 1.50. The zero-order valence-corrected chi connectivity index (χ0v) is 13.0. The Morgan fingerprint density at radius 2 is 1.96 bits per heavy atom. The van der Waals surface area contributed by atoms with Crippen LogP contribution in [0.1, 0.15) is 25.7 Å². The molecule has 2 saturated heterocycles. The number of anilines is 2. The van der Waals surface area contributed by atoms with Crippen LogP contribution in [0, 0.1) is 0 Å². The van der Waals surface area contributed by atoms with Gasteiger partial charge < -0.3 is 15.5 Å². The minimum Gasteiger partial charge on any atom is -0.326 e. The van der Waals surface area contributed by atoms with Crippen LogP contribution in [0.2, 0.25) is 0 Å². The average Bonchev–Trinajstić information content (AvgIpc) is 3.11. The first-order valence-electron chi connectivity index (χ1n) is 7.84. The monoisotopic (exact) mass is 330 g/mol. The highest BCUT2D eigenvalue weighted by Gasteiger charge is 2.29. The van der Waals surface area contributed by atoms with Crippen molar-refractivity contribution in [3.05, 3.63) is 24.3 Å². The van der Waals surface area contributed by atoms with Crippen molar-refractivity contribution >= 4 is 35.1 Å². The van der Waals surface area contributed by atoms with Gasteiger partial charge in [0.05, 0.1) is 0 Å². The van der Waals surface area contributed by atoms with Gasteiger partial charge in [-0.3, -0.25) is 19.7 Å². The van der Waals surface area contributed by atoms with Crippen molar-refractivity contribution in [1.29, 1.82) is 0 Å². The van der Waals surface area contributed by atoms with E-state index in [1.54, 1.807) is 29.2 Å². The predicted molar refractivity (Wildman–Crippen MR) is 86.4 cm³/mol. The molecule has 0 bridgehead atoms. The molecular formula is C16H18N4O4. The molecule has 0 aromatic heterocycles. The van der Waals surface area contributed by atoms with Gasteiger partial charge in [0.2, 0.25) is 11.8 Å². The highest BCUT2D eigenvalue weighted by atomic mass is 16.2. The van der Waals surface area contributed by atoms with Crippen molar-refractivity contribution in [3.63, 3.8) is 0 Å². The Labute approximate surface area is 138 Å². The van der Waals surface area contributed by atoms with Crippen molar-refractivity contribution in [3.8, 4) is 0 Å². The van der Waals surface area contributed by atoms with Gasteiger partial charge in [0, 0.05) is 30.8 Å². The lowest BCUT2D eigenvalue weighted by Crippen LogP contribution is -2.30. The Hall–Kier alpha value is -2.90. The molecule has 1 aromatic carbocycles. The molecule has 2 heterocycles. The summed E-state index contributed by atoms with van der Waals surface area (Å²) in [5, 5.41) is 7.31. The van der Waals surface area contributed by atoms with E-state index in [9.17, 15) is 19.2 Å². The fourth-order valence-corrected chi connectivity index (χ4v) is 2.81. The first-order chi connectivity index (χ1) is 11.5. The van der Waals surface area contributed by atoms with Gasteiger partial charge in [-0.2, -0.15) is 0 Å². The molecule has 126 valence electrons. The van der Waals surface area contributed by atoms with E-state index in [4.69, 9.17) is 0 Å². The Morgan fingerprint density at radius 3 is 2.54 bits per heavy atom. The minimum absolute atomic E-state index is 0.115. The van der Waals surface area contributed by atoms with E-state index in [0.717, 1.165) is 18.7 Å².